The van der Waals surface area contributed by atoms with Crippen LogP contribution in [0.2, 0.25) is 0 Å². The molecular weight excluding hydrogens is 176 g/mol. The SMILES string of the molecule is Cc1ccc(C=O)c(-c2ccoc2)c1. The summed E-state index contributed by atoms with van der Waals surface area (Å²) >= 11 is 0. The smallest absolute Gasteiger partial charge is 0.150 e. The monoisotopic (exact) mass is 186 g/mol. The number of carbonyl (C=O) groups excluding carboxylic acids is 1. The molecule has 14 heavy (non-hydrogen) atoms. The van der Waals surface area contributed by atoms with E-state index < -0.39 is 0 Å². The number of rotatable bonds is 2. The third-order valence-electron chi connectivity index (χ3n) is 2.17. The van der Waals surface area contributed by atoms with Gasteiger partial charge in [0, 0.05) is 11.1 Å². The zero-order valence-electron chi connectivity index (χ0n) is 7.86. The van der Waals surface area contributed by atoms with Gasteiger partial charge in [-0.25, -0.2) is 0 Å². The predicted octanol–water partition coefficient (Wildman–Crippen LogP) is 3.07. The summed E-state index contributed by atoms with van der Waals surface area (Å²) < 4.78 is 4.99. The Hall–Kier alpha value is -1.83. The molecule has 0 radical (unpaired) electrons. The second-order valence-corrected chi connectivity index (χ2v) is 3.22. The van der Waals surface area contributed by atoms with Gasteiger partial charge < -0.3 is 4.42 Å². The molecular formula is C12H10O2. The summed E-state index contributed by atoms with van der Waals surface area (Å²) in [6.45, 7) is 2.00. The van der Waals surface area contributed by atoms with Crippen molar-refractivity contribution in [3.8, 4) is 11.1 Å². The Morgan fingerprint density at radius 2 is 2.14 bits per heavy atom. The highest BCUT2D eigenvalue weighted by Gasteiger charge is 2.05. The molecule has 0 saturated carbocycles. The summed E-state index contributed by atoms with van der Waals surface area (Å²) in [4.78, 5) is 10.8. The number of furan rings is 1. The Morgan fingerprint density at radius 3 is 2.79 bits per heavy atom. The van der Waals surface area contributed by atoms with Gasteiger partial charge >= 0.3 is 0 Å². The van der Waals surface area contributed by atoms with Gasteiger partial charge in [0.25, 0.3) is 0 Å². The third-order valence-corrected chi connectivity index (χ3v) is 2.17. The molecule has 0 amide bonds. The van der Waals surface area contributed by atoms with Gasteiger partial charge in [0.05, 0.1) is 12.5 Å². The van der Waals surface area contributed by atoms with Crippen LogP contribution >= 0.6 is 0 Å². The van der Waals surface area contributed by atoms with Crippen molar-refractivity contribution in [3.63, 3.8) is 0 Å². The molecule has 0 N–H and O–H groups in total. The summed E-state index contributed by atoms with van der Waals surface area (Å²) in [5, 5.41) is 0. The van der Waals surface area contributed by atoms with E-state index in [2.05, 4.69) is 0 Å². The first-order valence-corrected chi connectivity index (χ1v) is 4.39. The fraction of sp³-hybridized carbons (Fsp3) is 0.0833. The number of aryl methyl sites for hydroxylation is 1. The van der Waals surface area contributed by atoms with Crippen LogP contribution in [0.1, 0.15) is 15.9 Å². The van der Waals surface area contributed by atoms with E-state index in [4.69, 9.17) is 4.42 Å². The molecule has 0 saturated heterocycles. The van der Waals surface area contributed by atoms with Crippen molar-refractivity contribution in [2.75, 3.05) is 0 Å². The Morgan fingerprint density at radius 1 is 1.29 bits per heavy atom. The van der Waals surface area contributed by atoms with E-state index in [1.807, 2.05) is 31.2 Å². The molecule has 0 aliphatic rings. The Bertz CT molecular complexity index is 441. The number of carbonyl (C=O) groups is 1. The molecule has 2 rings (SSSR count). The lowest BCUT2D eigenvalue weighted by Gasteiger charge is -2.02. The fourth-order valence-corrected chi connectivity index (χ4v) is 1.44. The van der Waals surface area contributed by atoms with Gasteiger partial charge in [0.2, 0.25) is 0 Å². The topological polar surface area (TPSA) is 30.2 Å². The average Bonchev–Trinajstić information content (AvgIpc) is 2.70. The first kappa shape index (κ1) is 8.75. The summed E-state index contributed by atoms with van der Waals surface area (Å²) in [6.07, 6.45) is 4.11. The first-order valence-electron chi connectivity index (χ1n) is 4.39. The largest absolute Gasteiger partial charge is 0.472 e. The highest BCUT2D eigenvalue weighted by atomic mass is 16.3. The molecule has 0 bridgehead atoms. The van der Waals surface area contributed by atoms with E-state index >= 15 is 0 Å². The lowest BCUT2D eigenvalue weighted by molar-refractivity contribution is 0.112. The maximum Gasteiger partial charge on any atom is 0.150 e. The highest BCUT2D eigenvalue weighted by Crippen LogP contribution is 2.24. The molecule has 1 aromatic carbocycles. The van der Waals surface area contributed by atoms with Crippen LogP contribution in [0.3, 0.4) is 0 Å². The van der Waals surface area contributed by atoms with E-state index in [1.54, 1.807) is 12.5 Å². The minimum Gasteiger partial charge on any atom is -0.472 e. The van der Waals surface area contributed by atoms with Crippen molar-refractivity contribution >= 4 is 6.29 Å². The lowest BCUT2D eigenvalue weighted by atomic mass is 10.0. The normalized spacial score (nSPS) is 10.1. The molecule has 1 aromatic heterocycles. The second kappa shape index (κ2) is 3.50. The standard InChI is InChI=1S/C12H10O2/c1-9-2-3-10(7-13)12(6-9)11-4-5-14-8-11/h2-8H,1H3. The van der Waals surface area contributed by atoms with Gasteiger partial charge in [0.15, 0.2) is 6.29 Å². The summed E-state index contributed by atoms with van der Waals surface area (Å²) in [5.74, 6) is 0. The van der Waals surface area contributed by atoms with E-state index in [-0.39, 0.29) is 0 Å². The van der Waals surface area contributed by atoms with Gasteiger partial charge in [0.1, 0.15) is 0 Å². The van der Waals surface area contributed by atoms with Crippen molar-refractivity contribution in [2.45, 2.75) is 6.92 Å². The van der Waals surface area contributed by atoms with Crippen LogP contribution in [0.15, 0.2) is 41.2 Å². The molecule has 0 atom stereocenters. The highest BCUT2D eigenvalue weighted by molar-refractivity contribution is 5.87. The number of benzene rings is 1. The Balaban J connectivity index is 2.61. The van der Waals surface area contributed by atoms with E-state index in [9.17, 15) is 4.79 Å². The molecule has 0 aliphatic heterocycles. The minimum absolute atomic E-state index is 0.692. The van der Waals surface area contributed by atoms with Crippen LogP contribution in [-0.4, -0.2) is 6.29 Å². The third kappa shape index (κ3) is 1.46. The van der Waals surface area contributed by atoms with Crippen LogP contribution in [-0.2, 0) is 0 Å². The molecule has 0 fully saturated rings. The molecule has 1 heterocycles. The molecule has 2 heteroatoms. The molecule has 2 aromatic rings. The van der Waals surface area contributed by atoms with Gasteiger partial charge in [-0.15, -0.1) is 0 Å². The van der Waals surface area contributed by atoms with E-state index in [0.717, 1.165) is 23.0 Å². The van der Waals surface area contributed by atoms with Crippen LogP contribution in [0.5, 0.6) is 0 Å². The lowest BCUT2D eigenvalue weighted by Crippen LogP contribution is -1.86. The Kier molecular flexibility index (Phi) is 2.19. The summed E-state index contributed by atoms with van der Waals surface area (Å²) in [5.41, 5.74) is 3.69. The number of aldehydes is 1. The van der Waals surface area contributed by atoms with Gasteiger partial charge in [-0.2, -0.15) is 0 Å². The van der Waals surface area contributed by atoms with Crippen LogP contribution in [0.4, 0.5) is 0 Å². The molecule has 0 aliphatic carbocycles. The van der Waals surface area contributed by atoms with Crippen molar-refractivity contribution in [1.29, 1.82) is 0 Å². The van der Waals surface area contributed by atoms with Crippen LogP contribution in [0.25, 0.3) is 11.1 Å². The van der Waals surface area contributed by atoms with Gasteiger partial charge in [-0.1, -0.05) is 23.8 Å². The summed E-state index contributed by atoms with van der Waals surface area (Å²) in [6, 6.07) is 7.58. The van der Waals surface area contributed by atoms with Gasteiger partial charge in [-0.3, -0.25) is 4.79 Å². The zero-order valence-corrected chi connectivity index (χ0v) is 7.86. The number of hydrogen-bond donors (Lipinski definition) is 0. The predicted molar refractivity (Wildman–Crippen MR) is 54.3 cm³/mol. The van der Waals surface area contributed by atoms with Crippen molar-refractivity contribution in [2.24, 2.45) is 0 Å². The fourth-order valence-electron chi connectivity index (χ4n) is 1.44. The first-order chi connectivity index (χ1) is 6.81. The molecule has 0 unspecified atom stereocenters. The number of hydrogen-bond acceptors (Lipinski definition) is 2. The van der Waals surface area contributed by atoms with Crippen molar-refractivity contribution < 1.29 is 9.21 Å². The average molecular weight is 186 g/mol. The molecule has 70 valence electrons. The maximum absolute atomic E-state index is 10.8. The van der Waals surface area contributed by atoms with Crippen LogP contribution in [0, 0.1) is 6.92 Å². The molecule has 0 spiro atoms. The van der Waals surface area contributed by atoms with Gasteiger partial charge in [-0.05, 0) is 18.6 Å². The second-order valence-electron chi connectivity index (χ2n) is 3.22. The Labute approximate surface area is 82.2 Å². The molecule has 2 nitrogen and oxygen atoms in total. The minimum atomic E-state index is 0.692. The van der Waals surface area contributed by atoms with E-state index in [1.165, 1.54) is 0 Å². The quantitative estimate of drug-likeness (QED) is 0.674. The van der Waals surface area contributed by atoms with Crippen molar-refractivity contribution in [1.82, 2.24) is 0 Å². The van der Waals surface area contributed by atoms with Crippen LogP contribution < -0.4 is 0 Å². The maximum atomic E-state index is 10.8. The summed E-state index contributed by atoms with van der Waals surface area (Å²) in [7, 11) is 0. The van der Waals surface area contributed by atoms with E-state index in [0.29, 0.717) is 5.56 Å². The van der Waals surface area contributed by atoms with Crippen molar-refractivity contribution in [3.05, 3.63) is 47.9 Å². The zero-order chi connectivity index (χ0) is 9.97.